The SMILES string of the molecule is Cc1cc(C)n(-c2cc(NC(=O)c3ccc(N(C)C)cc3)ncn2)n1. The summed E-state index contributed by atoms with van der Waals surface area (Å²) in [5.41, 5.74) is 3.47. The molecule has 1 aromatic carbocycles. The van der Waals surface area contributed by atoms with E-state index < -0.39 is 0 Å². The molecule has 0 atom stereocenters. The summed E-state index contributed by atoms with van der Waals surface area (Å²) in [6.07, 6.45) is 1.41. The van der Waals surface area contributed by atoms with Crippen molar-refractivity contribution < 1.29 is 4.79 Å². The van der Waals surface area contributed by atoms with Gasteiger partial charge in [-0.15, -0.1) is 0 Å². The molecule has 0 fully saturated rings. The van der Waals surface area contributed by atoms with Crippen LogP contribution in [0.25, 0.3) is 5.82 Å². The molecular formula is C18H20N6O. The van der Waals surface area contributed by atoms with Gasteiger partial charge in [0.15, 0.2) is 5.82 Å². The van der Waals surface area contributed by atoms with Gasteiger partial charge in [-0.3, -0.25) is 4.79 Å². The third-order valence-electron chi connectivity index (χ3n) is 3.77. The van der Waals surface area contributed by atoms with Crippen LogP contribution in [-0.4, -0.2) is 39.8 Å². The summed E-state index contributed by atoms with van der Waals surface area (Å²) < 4.78 is 1.72. The number of rotatable bonds is 4. The maximum Gasteiger partial charge on any atom is 0.256 e. The Morgan fingerprint density at radius 1 is 1.08 bits per heavy atom. The molecule has 3 aromatic rings. The van der Waals surface area contributed by atoms with Crippen molar-refractivity contribution in [3.63, 3.8) is 0 Å². The Morgan fingerprint density at radius 3 is 2.40 bits per heavy atom. The van der Waals surface area contributed by atoms with E-state index in [1.54, 1.807) is 22.9 Å². The van der Waals surface area contributed by atoms with E-state index in [-0.39, 0.29) is 5.91 Å². The number of carbonyl (C=O) groups is 1. The second kappa shape index (κ2) is 6.72. The zero-order chi connectivity index (χ0) is 18.0. The monoisotopic (exact) mass is 336 g/mol. The van der Waals surface area contributed by atoms with Crippen molar-refractivity contribution in [3.05, 3.63) is 59.7 Å². The van der Waals surface area contributed by atoms with Crippen LogP contribution in [0, 0.1) is 13.8 Å². The summed E-state index contributed by atoms with van der Waals surface area (Å²) >= 11 is 0. The van der Waals surface area contributed by atoms with Gasteiger partial charge >= 0.3 is 0 Å². The maximum atomic E-state index is 12.4. The van der Waals surface area contributed by atoms with Crippen LogP contribution >= 0.6 is 0 Å². The van der Waals surface area contributed by atoms with Gasteiger partial charge in [-0.1, -0.05) is 0 Å². The lowest BCUT2D eigenvalue weighted by Crippen LogP contribution is -2.14. The van der Waals surface area contributed by atoms with Gasteiger partial charge in [0.2, 0.25) is 0 Å². The lowest BCUT2D eigenvalue weighted by atomic mass is 10.2. The van der Waals surface area contributed by atoms with E-state index in [0.717, 1.165) is 17.1 Å². The second-order valence-corrected chi connectivity index (χ2v) is 6.00. The third-order valence-corrected chi connectivity index (χ3v) is 3.77. The number of aromatic nitrogens is 4. The van der Waals surface area contributed by atoms with Crippen molar-refractivity contribution >= 4 is 17.4 Å². The normalized spacial score (nSPS) is 10.6. The lowest BCUT2D eigenvalue weighted by molar-refractivity contribution is 0.102. The zero-order valence-corrected chi connectivity index (χ0v) is 14.7. The molecule has 0 aliphatic rings. The minimum atomic E-state index is -0.219. The summed E-state index contributed by atoms with van der Waals surface area (Å²) in [6, 6.07) is 11.0. The highest BCUT2D eigenvalue weighted by molar-refractivity contribution is 6.04. The fourth-order valence-corrected chi connectivity index (χ4v) is 2.49. The van der Waals surface area contributed by atoms with Crippen LogP contribution in [0.4, 0.5) is 11.5 Å². The number of nitrogens with one attached hydrogen (secondary N) is 1. The molecule has 25 heavy (non-hydrogen) atoms. The average molecular weight is 336 g/mol. The fourth-order valence-electron chi connectivity index (χ4n) is 2.49. The van der Waals surface area contributed by atoms with E-state index in [2.05, 4.69) is 20.4 Å². The minimum Gasteiger partial charge on any atom is -0.378 e. The number of hydrogen-bond donors (Lipinski definition) is 1. The van der Waals surface area contributed by atoms with E-state index in [0.29, 0.717) is 17.2 Å². The predicted molar refractivity (Wildman–Crippen MR) is 97.4 cm³/mol. The van der Waals surface area contributed by atoms with Crippen LogP contribution in [0.1, 0.15) is 21.7 Å². The molecule has 7 nitrogen and oxygen atoms in total. The van der Waals surface area contributed by atoms with Crippen LogP contribution in [0.5, 0.6) is 0 Å². The van der Waals surface area contributed by atoms with Crippen LogP contribution < -0.4 is 10.2 Å². The summed E-state index contributed by atoms with van der Waals surface area (Å²) in [4.78, 5) is 22.7. The van der Waals surface area contributed by atoms with Crippen molar-refractivity contribution in [3.8, 4) is 5.82 Å². The number of carbonyl (C=O) groups excluding carboxylic acids is 1. The molecule has 0 unspecified atom stereocenters. The first-order valence-electron chi connectivity index (χ1n) is 7.88. The molecule has 0 saturated carbocycles. The van der Waals surface area contributed by atoms with Crippen LogP contribution in [0.2, 0.25) is 0 Å². The van der Waals surface area contributed by atoms with Gasteiger partial charge in [-0.05, 0) is 44.2 Å². The highest BCUT2D eigenvalue weighted by atomic mass is 16.1. The Kier molecular flexibility index (Phi) is 4.47. The molecule has 7 heteroatoms. The fraction of sp³-hybridized carbons (Fsp3) is 0.222. The molecule has 0 aliphatic carbocycles. The molecular weight excluding hydrogens is 316 g/mol. The predicted octanol–water partition coefficient (Wildman–Crippen LogP) is 2.60. The summed E-state index contributed by atoms with van der Waals surface area (Å²) in [5, 5.41) is 7.19. The van der Waals surface area contributed by atoms with E-state index in [4.69, 9.17) is 0 Å². The Bertz CT molecular complexity index is 898. The highest BCUT2D eigenvalue weighted by Crippen LogP contribution is 2.15. The molecule has 0 bridgehead atoms. The molecule has 0 saturated heterocycles. The van der Waals surface area contributed by atoms with Gasteiger partial charge in [-0.2, -0.15) is 5.10 Å². The summed E-state index contributed by atoms with van der Waals surface area (Å²) in [5.74, 6) is 0.821. The standard InChI is InChI=1S/C18H20N6O/c1-12-9-13(2)24(22-12)17-10-16(19-11-20-17)21-18(25)14-5-7-15(8-6-14)23(3)4/h5-11H,1-4H3,(H,19,20,21,25). The molecule has 1 N–H and O–H groups in total. The van der Waals surface area contributed by atoms with E-state index in [1.807, 2.05) is 51.0 Å². The van der Waals surface area contributed by atoms with Crippen molar-refractivity contribution in [1.82, 2.24) is 19.7 Å². The first kappa shape index (κ1) is 16.6. The number of amides is 1. The van der Waals surface area contributed by atoms with Crippen molar-refractivity contribution in [2.24, 2.45) is 0 Å². The van der Waals surface area contributed by atoms with Gasteiger partial charge in [-0.25, -0.2) is 14.6 Å². The first-order chi connectivity index (χ1) is 11.9. The lowest BCUT2D eigenvalue weighted by Gasteiger charge is -2.12. The number of anilines is 2. The van der Waals surface area contributed by atoms with E-state index in [1.165, 1.54) is 6.33 Å². The molecule has 1 amide bonds. The molecule has 2 aromatic heterocycles. The van der Waals surface area contributed by atoms with Crippen molar-refractivity contribution in [1.29, 1.82) is 0 Å². The molecule has 128 valence electrons. The summed E-state index contributed by atoms with van der Waals surface area (Å²) in [7, 11) is 3.91. The first-order valence-corrected chi connectivity index (χ1v) is 7.88. The maximum absolute atomic E-state index is 12.4. The highest BCUT2D eigenvalue weighted by Gasteiger charge is 2.10. The van der Waals surface area contributed by atoms with E-state index in [9.17, 15) is 4.79 Å². The van der Waals surface area contributed by atoms with Crippen LogP contribution in [0.3, 0.4) is 0 Å². The van der Waals surface area contributed by atoms with Crippen molar-refractivity contribution in [2.45, 2.75) is 13.8 Å². The Hall–Kier alpha value is -3.22. The molecule has 0 radical (unpaired) electrons. The molecule has 0 spiro atoms. The van der Waals surface area contributed by atoms with Crippen LogP contribution in [-0.2, 0) is 0 Å². The molecule has 3 rings (SSSR count). The Morgan fingerprint density at radius 2 is 1.80 bits per heavy atom. The summed E-state index contributed by atoms with van der Waals surface area (Å²) in [6.45, 7) is 3.87. The van der Waals surface area contributed by atoms with Gasteiger partial charge in [0, 0.05) is 37.1 Å². The van der Waals surface area contributed by atoms with Crippen molar-refractivity contribution in [2.75, 3.05) is 24.3 Å². The van der Waals surface area contributed by atoms with Crippen LogP contribution in [0.15, 0.2) is 42.7 Å². The Balaban J connectivity index is 1.80. The zero-order valence-electron chi connectivity index (χ0n) is 14.7. The molecule has 0 aliphatic heterocycles. The largest absolute Gasteiger partial charge is 0.378 e. The molecule has 2 heterocycles. The van der Waals surface area contributed by atoms with Gasteiger partial charge < -0.3 is 10.2 Å². The number of hydrogen-bond acceptors (Lipinski definition) is 5. The van der Waals surface area contributed by atoms with Gasteiger partial charge in [0.05, 0.1) is 5.69 Å². The number of aryl methyl sites for hydroxylation is 2. The minimum absolute atomic E-state index is 0.219. The second-order valence-electron chi connectivity index (χ2n) is 6.00. The third kappa shape index (κ3) is 3.65. The quantitative estimate of drug-likeness (QED) is 0.792. The van der Waals surface area contributed by atoms with Gasteiger partial charge in [0.25, 0.3) is 5.91 Å². The van der Waals surface area contributed by atoms with E-state index >= 15 is 0 Å². The topological polar surface area (TPSA) is 75.9 Å². The average Bonchev–Trinajstić information content (AvgIpc) is 2.93. The smallest absolute Gasteiger partial charge is 0.256 e. The van der Waals surface area contributed by atoms with Gasteiger partial charge in [0.1, 0.15) is 12.1 Å². The number of benzene rings is 1. The number of nitrogens with zero attached hydrogens (tertiary/aromatic N) is 5. The Labute approximate surface area is 146 Å².